The molecule has 0 amide bonds. The van der Waals surface area contributed by atoms with E-state index in [2.05, 4.69) is 0 Å². The number of carboxylic acids is 12. The minimum Gasteiger partial charge on any atom is -0.549 e. The van der Waals surface area contributed by atoms with E-state index < -0.39 is 150 Å². The predicted molar refractivity (Wildman–Crippen MR) is 159 cm³/mol. The van der Waals surface area contributed by atoms with Gasteiger partial charge in [-0.25, -0.2) is 0 Å². The number of carboxylic acid groups (broad SMARTS) is 12. The number of carbonyl (C=O) groups is 12. The van der Waals surface area contributed by atoms with Crippen molar-refractivity contribution >= 4 is 71.6 Å². The second kappa shape index (κ2) is 45.7. The maximum absolute atomic E-state index is 10.4. The molecule has 0 aromatic heterocycles. The molecule has 0 bridgehead atoms. The summed E-state index contributed by atoms with van der Waals surface area (Å²) < 4.78 is 0. The number of hydrogen-bond acceptors (Lipinski definition) is 30. The number of nitrogens with zero attached hydrogens (tertiary/aromatic N) is 6. The molecular formula is C30H36Ce4N6O24. The van der Waals surface area contributed by atoms with Crippen molar-refractivity contribution in [3.05, 3.63) is 0 Å². The number of rotatable bonds is 33. The van der Waals surface area contributed by atoms with E-state index in [1.54, 1.807) is 0 Å². The summed E-state index contributed by atoms with van der Waals surface area (Å²) in [6.07, 6.45) is 0. The molecule has 0 aromatic rings. The molecule has 0 spiro atoms. The summed E-state index contributed by atoms with van der Waals surface area (Å²) in [4.78, 5) is 130. The molecule has 30 nitrogen and oxygen atoms in total. The number of carbonyl (C=O) groups excluding carboxylic acids is 12. The SMILES string of the molecule is O=C([O-])CN(CCN(CC(=O)[O-])CC(=O)[O-])CC(=O)[O-].O=C([O-])CN(CCN(CC(=O)[O-])CC(=O)[O-])CC(=O)[O-].O=C([O-])CN(CCN(CC(=O)[O-])CC(=O)[O-])CC(=O)[O-].[Ce+3].[Ce+3].[Ce+3].[Ce+3]. The van der Waals surface area contributed by atoms with Gasteiger partial charge in [-0.1, -0.05) is 0 Å². The van der Waals surface area contributed by atoms with E-state index in [0.29, 0.717) is 0 Å². The minimum absolute atomic E-state index is 0. The van der Waals surface area contributed by atoms with Gasteiger partial charge in [-0.05, 0) is 0 Å². The Kier molecular flexibility index (Phi) is 55.0. The Bertz CT molecular complexity index is 1140. The van der Waals surface area contributed by atoms with Crippen LogP contribution in [0.1, 0.15) is 0 Å². The Morgan fingerprint density at radius 2 is 0.250 bits per heavy atom. The first-order valence-electron chi connectivity index (χ1n) is 16.3. The molecule has 34 heteroatoms. The normalized spacial score (nSPS) is 10.0. The van der Waals surface area contributed by atoms with Crippen LogP contribution in [0.3, 0.4) is 0 Å². The fraction of sp³-hybridized carbons (Fsp3) is 0.600. The Hall–Kier alpha value is -1.09. The topological polar surface area (TPSA) is 501 Å². The zero-order chi connectivity index (χ0) is 47.1. The van der Waals surface area contributed by atoms with E-state index in [0.717, 1.165) is 29.4 Å². The monoisotopic (exact) mass is 1420 g/mol. The summed E-state index contributed by atoms with van der Waals surface area (Å²) in [7, 11) is 0. The molecular weight excluding hydrogens is 1390 g/mol. The van der Waals surface area contributed by atoms with Crippen LogP contribution in [-0.2, 0) is 57.5 Å². The zero-order valence-electron chi connectivity index (χ0n) is 33.2. The second-order valence-electron chi connectivity index (χ2n) is 11.7. The van der Waals surface area contributed by atoms with E-state index >= 15 is 0 Å². The Labute approximate surface area is 497 Å². The van der Waals surface area contributed by atoms with Crippen molar-refractivity contribution in [3.8, 4) is 0 Å². The third-order valence-corrected chi connectivity index (χ3v) is 6.43. The first kappa shape index (κ1) is 77.1. The van der Waals surface area contributed by atoms with Gasteiger partial charge >= 0.3 is 167 Å². The van der Waals surface area contributed by atoms with Gasteiger partial charge in [0.15, 0.2) is 0 Å². The van der Waals surface area contributed by atoms with Gasteiger partial charge in [0.25, 0.3) is 0 Å². The maximum atomic E-state index is 10.4. The molecule has 0 heterocycles. The van der Waals surface area contributed by atoms with Gasteiger partial charge < -0.3 is 119 Å². The molecule has 0 unspecified atom stereocenters. The van der Waals surface area contributed by atoms with Crippen molar-refractivity contribution in [1.82, 2.24) is 29.4 Å². The summed E-state index contributed by atoms with van der Waals surface area (Å²) in [6, 6.07) is 0. The summed E-state index contributed by atoms with van der Waals surface area (Å²) in [6.45, 7) is -9.75. The van der Waals surface area contributed by atoms with Crippen molar-refractivity contribution < 1.29 is 286 Å². The second-order valence-corrected chi connectivity index (χ2v) is 11.7. The van der Waals surface area contributed by atoms with Crippen LogP contribution in [0.15, 0.2) is 0 Å². The van der Waals surface area contributed by atoms with Crippen molar-refractivity contribution in [3.63, 3.8) is 0 Å². The molecule has 0 aromatic carbocycles. The molecule has 0 aliphatic heterocycles. The van der Waals surface area contributed by atoms with Gasteiger partial charge in [0, 0.05) is 118 Å². The van der Waals surface area contributed by atoms with Gasteiger partial charge in [-0.15, -0.1) is 0 Å². The van der Waals surface area contributed by atoms with Crippen molar-refractivity contribution in [2.45, 2.75) is 0 Å². The third kappa shape index (κ3) is 57.0. The molecule has 0 saturated carbocycles. The largest absolute Gasteiger partial charge is 3.00 e. The van der Waals surface area contributed by atoms with Crippen LogP contribution in [0.2, 0.25) is 0 Å². The molecule has 346 valence electrons. The van der Waals surface area contributed by atoms with E-state index in [9.17, 15) is 119 Å². The van der Waals surface area contributed by atoms with Crippen LogP contribution in [0.5, 0.6) is 0 Å². The molecule has 0 N–H and O–H groups in total. The predicted octanol–water partition coefficient (Wildman–Crippen LogP) is -22.2. The van der Waals surface area contributed by atoms with Crippen molar-refractivity contribution in [2.24, 2.45) is 0 Å². The first-order valence-corrected chi connectivity index (χ1v) is 16.3. The summed E-state index contributed by atoms with van der Waals surface area (Å²) in [5.74, 6) is -18.4. The van der Waals surface area contributed by atoms with Crippen molar-refractivity contribution in [2.75, 3.05) is 118 Å². The molecule has 0 saturated heterocycles. The Morgan fingerprint density at radius 1 is 0.188 bits per heavy atom. The van der Waals surface area contributed by atoms with Crippen LogP contribution in [-0.4, -0.2) is 219 Å². The van der Waals surface area contributed by atoms with E-state index in [1.165, 1.54) is 0 Å². The third-order valence-electron chi connectivity index (χ3n) is 6.43. The van der Waals surface area contributed by atoms with Crippen LogP contribution in [0.25, 0.3) is 0 Å². The molecule has 4 radical (unpaired) electrons. The quantitative estimate of drug-likeness (QED) is 0.0589. The van der Waals surface area contributed by atoms with Gasteiger partial charge in [-0.3, -0.25) is 29.4 Å². The smallest absolute Gasteiger partial charge is 0.549 e. The maximum Gasteiger partial charge on any atom is 3.00 e. The van der Waals surface area contributed by atoms with Gasteiger partial charge in [0.05, 0.1) is 71.6 Å². The average Bonchev–Trinajstić information content (AvgIpc) is 3.02. The minimum atomic E-state index is -1.53. The number of hydrogen-bond donors (Lipinski definition) is 0. The molecule has 0 fully saturated rings. The van der Waals surface area contributed by atoms with E-state index in [1.807, 2.05) is 0 Å². The molecule has 0 aliphatic carbocycles. The average molecular weight is 1430 g/mol. The fourth-order valence-corrected chi connectivity index (χ4v) is 4.32. The van der Waals surface area contributed by atoms with Crippen LogP contribution in [0.4, 0.5) is 0 Å². The fourth-order valence-electron chi connectivity index (χ4n) is 4.32. The van der Waals surface area contributed by atoms with Crippen LogP contribution < -0.4 is 61.3 Å². The molecule has 0 atom stereocenters. The first-order chi connectivity index (χ1) is 27.6. The summed E-state index contributed by atoms with van der Waals surface area (Å²) in [5.41, 5.74) is 0. The van der Waals surface area contributed by atoms with Gasteiger partial charge in [0.1, 0.15) is 0 Å². The van der Waals surface area contributed by atoms with Crippen LogP contribution in [0, 0.1) is 167 Å². The summed E-state index contributed by atoms with van der Waals surface area (Å²) in [5, 5.41) is 125. The summed E-state index contributed by atoms with van der Waals surface area (Å²) >= 11 is 0. The Balaban J connectivity index is -0.000000148. The van der Waals surface area contributed by atoms with Crippen molar-refractivity contribution in [1.29, 1.82) is 0 Å². The standard InChI is InChI=1S/3C10H16N2O8.4Ce/c3*13-7(14)3-11(4-8(15)16)1-2-12(5-9(17)18)6-10(19)20;;;;/h3*1-6H2,(H,13,14)(H,15,16)(H,17,18)(H,19,20);;;;/q;;;4*+3/p-12. The zero-order valence-corrected chi connectivity index (χ0v) is 45.8. The molecule has 64 heavy (non-hydrogen) atoms. The molecule has 0 rings (SSSR count). The number of aliphatic carboxylic acids is 12. The van der Waals surface area contributed by atoms with Gasteiger partial charge in [0.2, 0.25) is 0 Å². The Morgan fingerprint density at radius 3 is 0.297 bits per heavy atom. The van der Waals surface area contributed by atoms with E-state index in [-0.39, 0.29) is 206 Å². The van der Waals surface area contributed by atoms with E-state index in [4.69, 9.17) is 0 Å². The van der Waals surface area contributed by atoms with Crippen LogP contribution >= 0.6 is 0 Å². The van der Waals surface area contributed by atoms with Gasteiger partial charge in [-0.2, -0.15) is 0 Å². The molecule has 0 aliphatic rings.